The highest BCUT2D eigenvalue weighted by molar-refractivity contribution is 6.10. The van der Waals surface area contributed by atoms with E-state index in [9.17, 15) is 4.79 Å². The number of H-pyrrole nitrogens is 1. The molecule has 0 amide bonds. The van der Waals surface area contributed by atoms with Crippen molar-refractivity contribution in [3.05, 3.63) is 29.5 Å². The van der Waals surface area contributed by atoms with Gasteiger partial charge in [-0.3, -0.25) is 9.69 Å². The van der Waals surface area contributed by atoms with Gasteiger partial charge in [0.05, 0.1) is 25.9 Å². The zero-order valence-corrected chi connectivity index (χ0v) is 14.2. The monoisotopic (exact) mass is 316 g/mol. The second-order valence-electron chi connectivity index (χ2n) is 6.41. The number of hydrogen-bond donors (Lipinski definition) is 1. The number of carbonyl (C=O) groups is 1. The van der Waals surface area contributed by atoms with Crippen LogP contribution in [0.1, 0.15) is 29.9 Å². The number of methoxy groups -OCH3 is 1. The molecule has 1 saturated heterocycles. The van der Waals surface area contributed by atoms with Crippen LogP contribution in [0.3, 0.4) is 0 Å². The van der Waals surface area contributed by atoms with Crippen molar-refractivity contribution in [3.8, 4) is 5.75 Å². The van der Waals surface area contributed by atoms with E-state index in [1.165, 1.54) is 0 Å². The Morgan fingerprint density at radius 2 is 2.04 bits per heavy atom. The molecule has 2 aromatic rings. The number of ether oxygens (including phenoxy) is 2. The van der Waals surface area contributed by atoms with Gasteiger partial charge in [0.1, 0.15) is 5.75 Å². The van der Waals surface area contributed by atoms with E-state index < -0.39 is 0 Å². The fourth-order valence-corrected chi connectivity index (χ4v) is 3.49. The van der Waals surface area contributed by atoms with Crippen LogP contribution in [-0.2, 0) is 4.74 Å². The summed E-state index contributed by atoms with van der Waals surface area (Å²) in [5.74, 6) is 0.905. The quantitative estimate of drug-likeness (QED) is 0.881. The Labute approximate surface area is 136 Å². The van der Waals surface area contributed by atoms with Crippen molar-refractivity contribution < 1.29 is 14.3 Å². The second-order valence-corrected chi connectivity index (χ2v) is 6.41. The molecule has 0 radical (unpaired) electrons. The zero-order chi connectivity index (χ0) is 16.6. The summed E-state index contributed by atoms with van der Waals surface area (Å²) in [4.78, 5) is 18.4. The molecular formula is C18H24N2O3. The summed E-state index contributed by atoms with van der Waals surface area (Å²) in [6.07, 6.45) is 0.325. The lowest BCUT2D eigenvalue weighted by molar-refractivity contribution is -0.0652. The van der Waals surface area contributed by atoms with Crippen LogP contribution in [0.2, 0.25) is 0 Å². The number of aryl methyl sites for hydroxylation is 1. The lowest BCUT2D eigenvalue weighted by Gasteiger charge is -2.34. The summed E-state index contributed by atoms with van der Waals surface area (Å²) in [6, 6.07) is 5.78. The van der Waals surface area contributed by atoms with Gasteiger partial charge in [0.15, 0.2) is 5.78 Å². The van der Waals surface area contributed by atoms with Crippen LogP contribution < -0.4 is 4.74 Å². The SMILES string of the molecule is COc1ccc2[nH]c(C)c(C(=O)CN3C[C@H](C)O[C@@H](C)C3)c2c1. The normalized spacial score (nSPS) is 22.4. The average Bonchev–Trinajstić information content (AvgIpc) is 2.80. The molecule has 23 heavy (non-hydrogen) atoms. The van der Waals surface area contributed by atoms with Crippen molar-refractivity contribution in [1.82, 2.24) is 9.88 Å². The number of nitrogens with zero attached hydrogens (tertiary/aromatic N) is 1. The van der Waals surface area contributed by atoms with E-state index in [1.807, 2.05) is 25.1 Å². The first kappa shape index (κ1) is 16.0. The summed E-state index contributed by atoms with van der Waals surface area (Å²) in [7, 11) is 1.64. The van der Waals surface area contributed by atoms with Crippen LogP contribution in [0.15, 0.2) is 18.2 Å². The Balaban J connectivity index is 1.87. The van der Waals surface area contributed by atoms with Gasteiger partial charge >= 0.3 is 0 Å². The van der Waals surface area contributed by atoms with E-state index in [0.29, 0.717) is 6.54 Å². The minimum atomic E-state index is 0.142. The topological polar surface area (TPSA) is 54.6 Å². The van der Waals surface area contributed by atoms with Crippen molar-refractivity contribution in [2.24, 2.45) is 0 Å². The van der Waals surface area contributed by atoms with Crippen LogP contribution in [0.5, 0.6) is 5.75 Å². The number of ketones is 1. The van der Waals surface area contributed by atoms with E-state index in [1.54, 1.807) is 7.11 Å². The number of nitrogens with one attached hydrogen (secondary N) is 1. The van der Waals surface area contributed by atoms with Gasteiger partial charge in [-0.15, -0.1) is 0 Å². The molecular weight excluding hydrogens is 292 g/mol. The Hall–Kier alpha value is -1.85. The van der Waals surface area contributed by atoms with Crippen LogP contribution >= 0.6 is 0 Å². The van der Waals surface area contributed by atoms with Gasteiger partial charge in [-0.2, -0.15) is 0 Å². The fraction of sp³-hybridized carbons (Fsp3) is 0.500. The molecule has 5 nitrogen and oxygen atoms in total. The number of aromatic nitrogens is 1. The number of carbonyl (C=O) groups excluding carboxylic acids is 1. The lowest BCUT2D eigenvalue weighted by Crippen LogP contribution is -2.47. The summed E-state index contributed by atoms with van der Waals surface area (Å²) >= 11 is 0. The second kappa shape index (κ2) is 6.34. The smallest absolute Gasteiger partial charge is 0.179 e. The Bertz CT molecular complexity index is 712. The molecule has 124 valence electrons. The number of benzene rings is 1. The third kappa shape index (κ3) is 3.26. The molecule has 1 aromatic carbocycles. The van der Waals surface area contributed by atoms with Crippen molar-refractivity contribution in [2.75, 3.05) is 26.7 Å². The number of morpholine rings is 1. The molecule has 0 aliphatic carbocycles. The molecule has 1 fully saturated rings. The van der Waals surface area contributed by atoms with Gasteiger partial charge in [0, 0.05) is 35.2 Å². The molecule has 1 aliphatic rings. The molecule has 2 atom stereocenters. The number of fused-ring (bicyclic) bond motifs is 1. The van der Waals surface area contributed by atoms with E-state index in [-0.39, 0.29) is 18.0 Å². The number of aromatic amines is 1. The summed E-state index contributed by atoms with van der Waals surface area (Å²) in [5.41, 5.74) is 2.65. The number of rotatable bonds is 4. The summed E-state index contributed by atoms with van der Waals surface area (Å²) in [5, 5.41) is 0.932. The van der Waals surface area contributed by atoms with E-state index >= 15 is 0 Å². The third-order valence-corrected chi connectivity index (χ3v) is 4.33. The first-order valence-corrected chi connectivity index (χ1v) is 8.05. The number of Topliss-reactive ketones (excluding diaryl/α,β-unsaturated/α-hetero) is 1. The van der Waals surface area contributed by atoms with E-state index in [0.717, 1.165) is 41.0 Å². The Morgan fingerprint density at radius 3 is 2.70 bits per heavy atom. The fourth-order valence-electron chi connectivity index (χ4n) is 3.49. The Kier molecular flexibility index (Phi) is 4.41. The minimum Gasteiger partial charge on any atom is -0.497 e. The third-order valence-electron chi connectivity index (χ3n) is 4.33. The molecule has 1 N–H and O–H groups in total. The van der Waals surface area contributed by atoms with Crippen molar-refractivity contribution >= 4 is 16.7 Å². The van der Waals surface area contributed by atoms with E-state index in [2.05, 4.69) is 23.7 Å². The number of hydrogen-bond acceptors (Lipinski definition) is 4. The van der Waals surface area contributed by atoms with Gasteiger partial charge < -0.3 is 14.5 Å². The molecule has 1 aromatic heterocycles. The standard InChI is InChI=1S/C18H24N2O3/c1-11-8-20(9-12(2)23-11)10-17(21)18-13(3)19-16-6-5-14(22-4)7-15(16)18/h5-7,11-12,19H,8-10H2,1-4H3/t11-,12-/m0/s1. The molecule has 0 saturated carbocycles. The molecule has 2 heterocycles. The minimum absolute atomic E-state index is 0.142. The highest BCUT2D eigenvalue weighted by Gasteiger charge is 2.25. The zero-order valence-electron chi connectivity index (χ0n) is 14.2. The highest BCUT2D eigenvalue weighted by atomic mass is 16.5. The van der Waals surface area contributed by atoms with Crippen LogP contribution in [0.4, 0.5) is 0 Å². The predicted molar refractivity (Wildman–Crippen MR) is 90.4 cm³/mol. The molecule has 0 unspecified atom stereocenters. The van der Waals surface area contributed by atoms with Crippen LogP contribution in [0, 0.1) is 6.92 Å². The van der Waals surface area contributed by atoms with Crippen LogP contribution in [0.25, 0.3) is 10.9 Å². The summed E-state index contributed by atoms with van der Waals surface area (Å²) in [6.45, 7) is 8.05. The first-order valence-electron chi connectivity index (χ1n) is 8.05. The van der Waals surface area contributed by atoms with Gasteiger partial charge in [-0.05, 0) is 39.0 Å². The predicted octanol–water partition coefficient (Wildman–Crippen LogP) is 2.78. The van der Waals surface area contributed by atoms with Gasteiger partial charge in [0.2, 0.25) is 0 Å². The Morgan fingerprint density at radius 1 is 1.35 bits per heavy atom. The maximum Gasteiger partial charge on any atom is 0.179 e. The maximum atomic E-state index is 12.9. The maximum absolute atomic E-state index is 12.9. The van der Waals surface area contributed by atoms with Gasteiger partial charge in [0.25, 0.3) is 0 Å². The van der Waals surface area contributed by atoms with Crippen LogP contribution in [-0.4, -0.2) is 54.6 Å². The van der Waals surface area contributed by atoms with Gasteiger partial charge in [-0.25, -0.2) is 0 Å². The first-order chi connectivity index (χ1) is 11.0. The molecule has 5 heteroatoms. The highest BCUT2D eigenvalue weighted by Crippen LogP contribution is 2.27. The average molecular weight is 316 g/mol. The largest absolute Gasteiger partial charge is 0.497 e. The van der Waals surface area contributed by atoms with Gasteiger partial charge in [-0.1, -0.05) is 0 Å². The van der Waals surface area contributed by atoms with E-state index in [4.69, 9.17) is 9.47 Å². The van der Waals surface area contributed by atoms with Crippen molar-refractivity contribution in [1.29, 1.82) is 0 Å². The molecule has 3 rings (SSSR count). The van der Waals surface area contributed by atoms with Crippen molar-refractivity contribution in [3.63, 3.8) is 0 Å². The summed E-state index contributed by atoms with van der Waals surface area (Å²) < 4.78 is 11.0. The molecule has 1 aliphatic heterocycles. The molecule has 0 bridgehead atoms. The molecule has 0 spiro atoms. The van der Waals surface area contributed by atoms with Crippen molar-refractivity contribution in [2.45, 2.75) is 33.0 Å². The lowest BCUT2D eigenvalue weighted by atomic mass is 10.1.